The summed E-state index contributed by atoms with van der Waals surface area (Å²) in [4.78, 5) is 14.8. The van der Waals surface area contributed by atoms with Gasteiger partial charge in [0.05, 0.1) is 0 Å². The summed E-state index contributed by atoms with van der Waals surface area (Å²) in [5.41, 5.74) is 2.91. The van der Waals surface area contributed by atoms with Crippen molar-refractivity contribution in [3.63, 3.8) is 0 Å². The SMILES string of the molecule is CC(CC(=O)NCC(C)N1CCc2ccccc2C1)C1CCCNC1.Cl.Cl. The Hall–Kier alpha value is -0.810. The summed E-state index contributed by atoms with van der Waals surface area (Å²) in [7, 11) is 0. The summed E-state index contributed by atoms with van der Waals surface area (Å²) in [5, 5.41) is 6.62. The highest BCUT2D eigenvalue weighted by Crippen LogP contribution is 2.23. The predicted octanol–water partition coefficient (Wildman–Crippen LogP) is 3.42. The van der Waals surface area contributed by atoms with Crippen LogP contribution in [-0.2, 0) is 17.8 Å². The molecule has 0 aromatic heterocycles. The Morgan fingerprint density at radius 2 is 2.00 bits per heavy atom. The molecule has 3 unspecified atom stereocenters. The van der Waals surface area contributed by atoms with E-state index < -0.39 is 0 Å². The second kappa shape index (κ2) is 11.9. The van der Waals surface area contributed by atoms with Gasteiger partial charge in [0.2, 0.25) is 5.91 Å². The van der Waals surface area contributed by atoms with Gasteiger partial charge in [-0.2, -0.15) is 0 Å². The highest BCUT2D eigenvalue weighted by atomic mass is 35.5. The van der Waals surface area contributed by atoms with Crippen molar-refractivity contribution >= 4 is 30.7 Å². The van der Waals surface area contributed by atoms with E-state index in [2.05, 4.69) is 53.6 Å². The van der Waals surface area contributed by atoms with Crippen molar-refractivity contribution in [3.05, 3.63) is 35.4 Å². The van der Waals surface area contributed by atoms with E-state index in [1.807, 2.05) is 0 Å². The van der Waals surface area contributed by atoms with Gasteiger partial charge in [-0.05, 0) is 62.2 Å². The molecule has 154 valence electrons. The first kappa shape index (κ1) is 24.2. The van der Waals surface area contributed by atoms with Crippen LogP contribution in [0.2, 0.25) is 0 Å². The topological polar surface area (TPSA) is 44.4 Å². The lowest BCUT2D eigenvalue weighted by molar-refractivity contribution is -0.122. The Morgan fingerprint density at radius 1 is 1.26 bits per heavy atom. The van der Waals surface area contributed by atoms with Gasteiger partial charge in [-0.1, -0.05) is 31.2 Å². The second-order valence-electron chi connectivity index (χ2n) is 7.93. The Balaban J connectivity index is 0.00000182. The van der Waals surface area contributed by atoms with Gasteiger partial charge in [-0.15, -0.1) is 24.8 Å². The van der Waals surface area contributed by atoms with Crippen molar-refractivity contribution in [2.24, 2.45) is 11.8 Å². The largest absolute Gasteiger partial charge is 0.355 e. The summed E-state index contributed by atoms with van der Waals surface area (Å²) in [6, 6.07) is 9.09. The molecule has 1 aromatic carbocycles. The zero-order valence-electron chi connectivity index (χ0n) is 16.6. The maximum absolute atomic E-state index is 12.3. The molecule has 0 bridgehead atoms. The van der Waals surface area contributed by atoms with E-state index in [1.54, 1.807) is 0 Å². The number of amides is 1. The Morgan fingerprint density at radius 3 is 2.70 bits per heavy atom. The molecule has 2 N–H and O–H groups in total. The van der Waals surface area contributed by atoms with Crippen LogP contribution in [0, 0.1) is 11.8 Å². The van der Waals surface area contributed by atoms with Crippen molar-refractivity contribution in [3.8, 4) is 0 Å². The van der Waals surface area contributed by atoms with E-state index in [0.717, 1.165) is 39.1 Å². The normalized spacial score (nSPS) is 21.8. The number of nitrogens with one attached hydrogen (secondary N) is 2. The first-order valence-electron chi connectivity index (χ1n) is 9.91. The smallest absolute Gasteiger partial charge is 0.220 e. The van der Waals surface area contributed by atoms with Gasteiger partial charge >= 0.3 is 0 Å². The fraction of sp³-hybridized carbons (Fsp3) is 0.667. The molecular weight excluding hydrogens is 381 g/mol. The Bertz CT molecular complexity index is 578. The average molecular weight is 416 g/mol. The molecule has 1 saturated heterocycles. The van der Waals surface area contributed by atoms with E-state index in [0.29, 0.717) is 24.3 Å². The van der Waals surface area contributed by atoms with E-state index >= 15 is 0 Å². The van der Waals surface area contributed by atoms with E-state index in [9.17, 15) is 4.79 Å². The molecule has 4 nitrogen and oxygen atoms in total. The molecule has 2 heterocycles. The summed E-state index contributed by atoms with van der Waals surface area (Å²) >= 11 is 0. The number of rotatable bonds is 6. The van der Waals surface area contributed by atoms with Crippen LogP contribution in [0.15, 0.2) is 24.3 Å². The first-order chi connectivity index (χ1) is 12.1. The third-order valence-corrected chi connectivity index (χ3v) is 6.03. The number of hydrogen-bond acceptors (Lipinski definition) is 3. The highest BCUT2D eigenvalue weighted by Gasteiger charge is 2.23. The lowest BCUT2D eigenvalue weighted by atomic mass is 9.85. The molecule has 2 aliphatic rings. The minimum atomic E-state index is 0. The number of halogens is 2. The number of carbonyl (C=O) groups is 1. The third-order valence-electron chi connectivity index (χ3n) is 6.03. The minimum Gasteiger partial charge on any atom is -0.355 e. The van der Waals surface area contributed by atoms with Gasteiger partial charge < -0.3 is 10.6 Å². The van der Waals surface area contributed by atoms with Gasteiger partial charge in [-0.25, -0.2) is 0 Å². The number of piperidine rings is 1. The number of nitrogens with zero attached hydrogens (tertiary/aromatic N) is 1. The Kier molecular flexibility index (Phi) is 10.7. The maximum atomic E-state index is 12.3. The number of fused-ring (bicyclic) bond motifs is 1. The summed E-state index contributed by atoms with van der Waals surface area (Å²) in [5.74, 6) is 1.32. The Labute approximate surface area is 176 Å². The second-order valence-corrected chi connectivity index (χ2v) is 7.93. The fourth-order valence-electron chi connectivity index (χ4n) is 4.18. The number of benzene rings is 1. The van der Waals surface area contributed by atoms with Gasteiger partial charge in [0.1, 0.15) is 0 Å². The predicted molar refractivity (Wildman–Crippen MR) is 117 cm³/mol. The molecule has 0 saturated carbocycles. The van der Waals surface area contributed by atoms with E-state index in [-0.39, 0.29) is 30.7 Å². The van der Waals surface area contributed by atoms with Crippen LogP contribution < -0.4 is 10.6 Å². The van der Waals surface area contributed by atoms with Crippen LogP contribution in [0.4, 0.5) is 0 Å². The van der Waals surface area contributed by atoms with Crippen LogP contribution in [0.5, 0.6) is 0 Å². The van der Waals surface area contributed by atoms with Crippen molar-refractivity contribution in [1.82, 2.24) is 15.5 Å². The standard InChI is InChI=1S/C21H33N3O.2ClH/c1-16(19-8-5-10-22-14-19)12-21(25)23-13-17(2)24-11-9-18-6-3-4-7-20(18)15-24;;/h3-4,6-7,16-17,19,22H,5,8-15H2,1-2H3,(H,23,25);2*1H. The molecule has 27 heavy (non-hydrogen) atoms. The molecule has 0 radical (unpaired) electrons. The summed E-state index contributed by atoms with van der Waals surface area (Å²) in [6.07, 6.45) is 4.26. The maximum Gasteiger partial charge on any atom is 0.220 e. The van der Waals surface area contributed by atoms with Gasteiger partial charge in [0.15, 0.2) is 0 Å². The molecule has 6 heteroatoms. The zero-order valence-corrected chi connectivity index (χ0v) is 18.2. The quantitative estimate of drug-likeness (QED) is 0.747. The van der Waals surface area contributed by atoms with Crippen LogP contribution in [-0.4, -0.2) is 43.0 Å². The average Bonchev–Trinajstić information content (AvgIpc) is 2.66. The summed E-state index contributed by atoms with van der Waals surface area (Å²) in [6.45, 7) is 9.47. The van der Waals surface area contributed by atoms with Crippen molar-refractivity contribution in [1.29, 1.82) is 0 Å². The molecule has 0 aliphatic carbocycles. The molecule has 1 amide bonds. The minimum absolute atomic E-state index is 0. The molecule has 2 aliphatic heterocycles. The van der Waals surface area contributed by atoms with Gasteiger partial charge in [-0.3, -0.25) is 9.69 Å². The fourth-order valence-corrected chi connectivity index (χ4v) is 4.18. The van der Waals surface area contributed by atoms with Crippen LogP contribution >= 0.6 is 24.8 Å². The molecule has 3 atom stereocenters. The van der Waals surface area contributed by atoms with Crippen LogP contribution in [0.1, 0.15) is 44.2 Å². The monoisotopic (exact) mass is 415 g/mol. The molecule has 0 spiro atoms. The first-order valence-corrected chi connectivity index (χ1v) is 9.91. The molecule has 1 aromatic rings. The molecule has 1 fully saturated rings. The molecular formula is C21H35Cl2N3O. The van der Waals surface area contributed by atoms with E-state index in [4.69, 9.17) is 0 Å². The van der Waals surface area contributed by atoms with Crippen LogP contribution in [0.3, 0.4) is 0 Å². The van der Waals surface area contributed by atoms with Gasteiger partial charge in [0, 0.05) is 32.1 Å². The highest BCUT2D eigenvalue weighted by molar-refractivity contribution is 5.85. The summed E-state index contributed by atoms with van der Waals surface area (Å²) < 4.78 is 0. The van der Waals surface area contributed by atoms with E-state index in [1.165, 1.54) is 24.0 Å². The number of hydrogen-bond donors (Lipinski definition) is 2. The lowest BCUT2D eigenvalue weighted by Crippen LogP contribution is -2.44. The van der Waals surface area contributed by atoms with Crippen molar-refractivity contribution in [2.75, 3.05) is 26.2 Å². The van der Waals surface area contributed by atoms with Crippen molar-refractivity contribution < 1.29 is 4.79 Å². The lowest BCUT2D eigenvalue weighted by Gasteiger charge is -2.34. The molecule has 3 rings (SSSR count). The van der Waals surface area contributed by atoms with Crippen LogP contribution in [0.25, 0.3) is 0 Å². The van der Waals surface area contributed by atoms with Crippen molar-refractivity contribution in [2.45, 2.75) is 52.1 Å². The zero-order chi connectivity index (χ0) is 17.6. The van der Waals surface area contributed by atoms with Gasteiger partial charge in [0.25, 0.3) is 0 Å². The number of carbonyl (C=O) groups excluding carboxylic acids is 1. The third kappa shape index (κ3) is 6.94.